The molecule has 0 amide bonds. The Kier molecular flexibility index (Phi) is 3.61. The van der Waals surface area contributed by atoms with Crippen LogP contribution in [-0.2, 0) is 16.0 Å². The van der Waals surface area contributed by atoms with Gasteiger partial charge in [-0.2, -0.15) is 0 Å². The first-order valence-corrected chi connectivity index (χ1v) is 7.96. The number of rotatable bonds is 2. The van der Waals surface area contributed by atoms with Crippen molar-refractivity contribution in [2.45, 2.75) is 38.0 Å². The molecule has 1 unspecified atom stereocenters. The second-order valence-electron chi connectivity index (χ2n) is 6.11. The maximum atomic E-state index is 12.8. The fourth-order valence-corrected chi connectivity index (χ4v) is 3.44. The Labute approximate surface area is 144 Å². The molecule has 0 aliphatic carbocycles. The second-order valence-corrected chi connectivity index (χ2v) is 6.11. The van der Waals surface area contributed by atoms with Crippen LogP contribution in [0.25, 0.3) is 11.0 Å². The van der Waals surface area contributed by atoms with Crippen molar-refractivity contribution < 1.29 is 24.5 Å². The van der Waals surface area contributed by atoms with Crippen molar-refractivity contribution in [3.05, 3.63) is 42.8 Å². The zero-order valence-corrected chi connectivity index (χ0v) is 13.5. The molecular formula is C15H15N3O8. The van der Waals surface area contributed by atoms with E-state index in [9.17, 15) is 29.4 Å². The van der Waals surface area contributed by atoms with Crippen LogP contribution in [0.1, 0.15) is 23.5 Å². The number of ether oxygens (including phenoxy) is 2. The molecule has 11 nitrogen and oxygen atoms in total. The van der Waals surface area contributed by atoms with Gasteiger partial charge in [0.25, 0.3) is 11.1 Å². The van der Waals surface area contributed by atoms with E-state index in [1.807, 2.05) is 0 Å². The van der Waals surface area contributed by atoms with Crippen LogP contribution in [0, 0.1) is 0 Å². The Balaban J connectivity index is 2.13. The molecule has 2 aliphatic heterocycles. The third kappa shape index (κ3) is 2.11. The third-order valence-corrected chi connectivity index (χ3v) is 4.62. The Morgan fingerprint density at radius 3 is 2.77 bits per heavy atom. The standard InChI is InChI=1S/C15H15N3O8/c1-2-25-14(23)6-3-5-10(21)16-15(24)18-11(5)17(12(6)22)4-7-8(19)9(20)13(18)26-7/h3,7-9,13,19-20H,2,4H2,1H3,(H,16,21,24)/t7-,8+,9?,13+/m1/s1. The highest BCUT2D eigenvalue weighted by molar-refractivity contribution is 5.93. The lowest BCUT2D eigenvalue weighted by Crippen LogP contribution is -2.44. The maximum absolute atomic E-state index is 12.8. The molecule has 2 aliphatic rings. The van der Waals surface area contributed by atoms with Crippen LogP contribution in [0.2, 0.25) is 0 Å². The van der Waals surface area contributed by atoms with Gasteiger partial charge >= 0.3 is 11.7 Å². The summed E-state index contributed by atoms with van der Waals surface area (Å²) in [5.74, 6) is -0.906. The SMILES string of the molecule is CCOC(=O)c1cc2c(=O)[nH]c(=O)n3c2n(c1=O)C[C@H]1O[C@H]3C(O)[C@H]1O. The van der Waals surface area contributed by atoms with Crippen LogP contribution in [0.3, 0.4) is 0 Å². The fraction of sp³-hybridized carbons (Fsp3) is 0.467. The van der Waals surface area contributed by atoms with Gasteiger partial charge in [0.1, 0.15) is 29.5 Å². The van der Waals surface area contributed by atoms with Gasteiger partial charge in [-0.25, -0.2) is 14.2 Å². The molecule has 11 heteroatoms. The smallest absolute Gasteiger partial charge is 0.343 e. The van der Waals surface area contributed by atoms with Gasteiger partial charge in [-0.05, 0) is 13.0 Å². The molecule has 2 aromatic heterocycles. The van der Waals surface area contributed by atoms with E-state index in [1.54, 1.807) is 6.92 Å². The lowest BCUT2D eigenvalue weighted by atomic mass is 10.1. The number of nitrogens with zero attached hydrogens (tertiary/aromatic N) is 2. The van der Waals surface area contributed by atoms with Crippen LogP contribution in [-0.4, -0.2) is 55.2 Å². The van der Waals surface area contributed by atoms with Crippen molar-refractivity contribution in [2.24, 2.45) is 0 Å². The number of hydrogen-bond donors (Lipinski definition) is 3. The van der Waals surface area contributed by atoms with E-state index in [1.165, 1.54) is 0 Å². The van der Waals surface area contributed by atoms with Crippen molar-refractivity contribution in [3.63, 3.8) is 0 Å². The molecule has 0 spiro atoms. The summed E-state index contributed by atoms with van der Waals surface area (Å²) in [6.07, 6.45) is -5.04. The number of carbonyl (C=O) groups excluding carboxylic acids is 1. The van der Waals surface area contributed by atoms with E-state index >= 15 is 0 Å². The molecule has 0 aromatic carbocycles. The van der Waals surface area contributed by atoms with Crippen LogP contribution >= 0.6 is 0 Å². The minimum atomic E-state index is -1.42. The van der Waals surface area contributed by atoms with E-state index in [4.69, 9.17) is 9.47 Å². The van der Waals surface area contributed by atoms with E-state index < -0.39 is 47.3 Å². The number of fused-ring (bicyclic) bond motifs is 3. The summed E-state index contributed by atoms with van der Waals surface area (Å²) in [5.41, 5.74) is -2.95. The number of H-pyrrole nitrogens is 1. The number of esters is 1. The molecular weight excluding hydrogens is 350 g/mol. The van der Waals surface area contributed by atoms with Crippen molar-refractivity contribution in [3.8, 4) is 0 Å². The predicted octanol–water partition coefficient (Wildman–Crippen LogP) is -2.34. The molecule has 0 radical (unpaired) electrons. The second kappa shape index (κ2) is 5.62. The van der Waals surface area contributed by atoms with Crippen LogP contribution in [0.5, 0.6) is 0 Å². The lowest BCUT2D eigenvalue weighted by molar-refractivity contribution is -0.0352. The van der Waals surface area contributed by atoms with Crippen molar-refractivity contribution in [1.29, 1.82) is 0 Å². The van der Waals surface area contributed by atoms with Crippen LogP contribution in [0.4, 0.5) is 0 Å². The maximum Gasteiger partial charge on any atom is 0.343 e. The van der Waals surface area contributed by atoms with Gasteiger partial charge in [-0.1, -0.05) is 0 Å². The number of pyridine rings is 1. The zero-order valence-electron chi connectivity index (χ0n) is 13.5. The number of hydrogen-bond acceptors (Lipinski definition) is 8. The molecule has 3 N–H and O–H groups in total. The summed E-state index contributed by atoms with van der Waals surface area (Å²) in [6, 6.07) is 1.06. The minimum Gasteiger partial charge on any atom is -0.462 e. The van der Waals surface area contributed by atoms with Crippen molar-refractivity contribution in [2.75, 3.05) is 6.61 Å². The van der Waals surface area contributed by atoms with Gasteiger partial charge in [0, 0.05) is 0 Å². The number of aromatic nitrogens is 3. The molecule has 1 saturated heterocycles. The molecule has 138 valence electrons. The first-order valence-electron chi connectivity index (χ1n) is 7.96. The highest BCUT2D eigenvalue weighted by Gasteiger charge is 2.47. The van der Waals surface area contributed by atoms with E-state index in [2.05, 4.69) is 4.98 Å². The average molecular weight is 365 g/mol. The zero-order chi connectivity index (χ0) is 18.7. The van der Waals surface area contributed by atoms with Crippen molar-refractivity contribution >= 4 is 17.0 Å². The monoisotopic (exact) mass is 365 g/mol. The van der Waals surface area contributed by atoms with Crippen LogP contribution < -0.4 is 16.8 Å². The van der Waals surface area contributed by atoms with Gasteiger partial charge in [0.2, 0.25) is 0 Å². The van der Waals surface area contributed by atoms with Gasteiger partial charge in [0.15, 0.2) is 6.23 Å². The highest BCUT2D eigenvalue weighted by Crippen LogP contribution is 2.33. The Morgan fingerprint density at radius 2 is 2.08 bits per heavy atom. The number of carbonyl (C=O) groups is 1. The quantitative estimate of drug-likeness (QED) is 0.501. The van der Waals surface area contributed by atoms with E-state index in [0.717, 1.165) is 15.2 Å². The van der Waals surface area contributed by atoms with E-state index in [0.29, 0.717) is 0 Å². The number of aliphatic hydroxyl groups excluding tert-OH is 2. The molecule has 2 bridgehead atoms. The number of aliphatic hydroxyl groups is 2. The summed E-state index contributed by atoms with van der Waals surface area (Å²) in [5, 5.41) is 20.2. The van der Waals surface area contributed by atoms with Gasteiger partial charge < -0.3 is 19.7 Å². The molecule has 4 rings (SSSR count). The summed E-state index contributed by atoms with van der Waals surface area (Å²) >= 11 is 0. The van der Waals surface area contributed by atoms with E-state index in [-0.39, 0.29) is 29.7 Å². The molecule has 0 saturated carbocycles. The molecule has 4 atom stereocenters. The Hall–Kier alpha value is -2.76. The third-order valence-electron chi connectivity index (χ3n) is 4.62. The fourth-order valence-electron chi connectivity index (χ4n) is 3.44. The van der Waals surface area contributed by atoms with Gasteiger partial charge in [-0.3, -0.25) is 19.1 Å². The topological polar surface area (TPSA) is 153 Å². The van der Waals surface area contributed by atoms with Crippen molar-refractivity contribution in [1.82, 2.24) is 14.1 Å². The first-order chi connectivity index (χ1) is 12.3. The van der Waals surface area contributed by atoms with Gasteiger partial charge in [0.05, 0.1) is 18.5 Å². The van der Waals surface area contributed by atoms with Gasteiger partial charge in [-0.15, -0.1) is 0 Å². The largest absolute Gasteiger partial charge is 0.462 e. The summed E-state index contributed by atoms with van der Waals surface area (Å²) < 4.78 is 12.3. The summed E-state index contributed by atoms with van der Waals surface area (Å²) in [4.78, 5) is 51.5. The number of nitrogens with one attached hydrogen (secondary N) is 1. The Bertz CT molecular complexity index is 1100. The molecule has 1 fully saturated rings. The van der Waals surface area contributed by atoms with Crippen LogP contribution in [0.15, 0.2) is 20.4 Å². The normalized spacial score (nSPS) is 26.7. The predicted molar refractivity (Wildman–Crippen MR) is 85.0 cm³/mol. The Morgan fingerprint density at radius 1 is 1.35 bits per heavy atom. The average Bonchev–Trinajstić information content (AvgIpc) is 2.77. The lowest BCUT2D eigenvalue weighted by Gasteiger charge is -2.22. The molecule has 26 heavy (non-hydrogen) atoms. The number of aromatic amines is 1. The summed E-state index contributed by atoms with van der Waals surface area (Å²) in [6.45, 7) is 1.35. The highest BCUT2D eigenvalue weighted by atomic mass is 16.6. The molecule has 4 heterocycles. The first kappa shape index (κ1) is 16.7. The summed E-state index contributed by atoms with van der Waals surface area (Å²) in [7, 11) is 0. The molecule has 2 aromatic rings. The minimum absolute atomic E-state index is 0.0326.